The highest BCUT2D eigenvalue weighted by Crippen LogP contribution is 2.31. The number of aromatic amines is 1. The Labute approximate surface area is 445 Å². The van der Waals surface area contributed by atoms with E-state index in [4.69, 9.17) is 20.4 Å². The molecule has 4 aromatic heterocycles. The van der Waals surface area contributed by atoms with Gasteiger partial charge in [-0.1, -0.05) is 50.6 Å². The molecule has 22 heteroatoms. The number of aromatic nitrogens is 6. The fourth-order valence-corrected chi connectivity index (χ4v) is 9.46. The zero-order chi connectivity index (χ0) is 54.6. The zero-order valence-corrected chi connectivity index (χ0v) is 43.7. The number of H-pyrrole nitrogens is 1. The van der Waals surface area contributed by atoms with Crippen LogP contribution in [0.2, 0.25) is 0 Å². The normalized spacial score (nSPS) is 17.4. The number of unbranched alkanes of at least 4 members (excludes halogenated alkanes) is 2. The number of nitrogens with two attached hydrogens (primary N) is 1. The molecule has 0 saturated carbocycles. The molecule has 0 saturated heterocycles. The van der Waals surface area contributed by atoms with Crippen molar-refractivity contribution >= 4 is 53.0 Å². The van der Waals surface area contributed by atoms with Gasteiger partial charge in [0.15, 0.2) is 5.65 Å². The summed E-state index contributed by atoms with van der Waals surface area (Å²) in [6, 6.07) is 13.1. The number of amides is 8. The molecular weight excluding hydrogens is 985 g/mol. The van der Waals surface area contributed by atoms with Crippen LogP contribution < -0.4 is 37.6 Å². The van der Waals surface area contributed by atoms with E-state index in [0.717, 1.165) is 67.1 Å². The van der Waals surface area contributed by atoms with E-state index in [1.807, 2.05) is 68.6 Å². The Bertz CT molecular complexity index is 3100. The lowest BCUT2D eigenvalue weighted by molar-refractivity contribution is -0.137. The van der Waals surface area contributed by atoms with Gasteiger partial charge in [0.1, 0.15) is 30.8 Å². The molecule has 22 nitrogen and oxygen atoms in total. The van der Waals surface area contributed by atoms with E-state index >= 15 is 0 Å². The third-order valence-corrected chi connectivity index (χ3v) is 13.7. The predicted octanol–water partition coefficient (Wildman–Crippen LogP) is 4.62. The minimum Gasteiger partial charge on any atom is -0.445 e. The first-order valence-electron chi connectivity index (χ1n) is 26.0. The van der Waals surface area contributed by atoms with E-state index in [0.29, 0.717) is 51.5 Å². The molecular formula is C55H66N14O8. The van der Waals surface area contributed by atoms with E-state index in [-0.39, 0.29) is 62.2 Å². The number of pyridine rings is 2. The van der Waals surface area contributed by atoms with Crippen LogP contribution in [-0.4, -0.2) is 119 Å². The number of aryl methyl sites for hydroxylation is 1. The zero-order valence-electron chi connectivity index (χ0n) is 43.7. The average Bonchev–Trinajstić information content (AvgIpc) is 4.22. The summed E-state index contributed by atoms with van der Waals surface area (Å²) in [4.78, 5) is 107. The Morgan fingerprint density at radius 1 is 0.922 bits per heavy atom. The molecule has 9 N–H and O–H groups in total. The van der Waals surface area contributed by atoms with Crippen molar-refractivity contribution in [2.75, 3.05) is 25.0 Å². The van der Waals surface area contributed by atoms with Gasteiger partial charge in [0, 0.05) is 60.8 Å². The quantitative estimate of drug-likeness (QED) is 0.0310. The molecule has 8 rings (SSSR count). The number of imidazole rings is 1. The Morgan fingerprint density at radius 2 is 1.73 bits per heavy atom. The lowest BCUT2D eigenvalue weighted by Crippen LogP contribution is -2.58. The summed E-state index contributed by atoms with van der Waals surface area (Å²) in [5.41, 5.74) is 13.1. The molecule has 4 atom stereocenters. The second-order valence-corrected chi connectivity index (χ2v) is 20.2. The summed E-state index contributed by atoms with van der Waals surface area (Å²) in [6.07, 6.45) is 14.7. The maximum atomic E-state index is 13.9. The first-order valence-corrected chi connectivity index (χ1v) is 26.0. The van der Waals surface area contributed by atoms with Crippen molar-refractivity contribution in [3.8, 4) is 22.6 Å². The van der Waals surface area contributed by atoms with E-state index in [2.05, 4.69) is 59.1 Å². The molecule has 2 aliphatic carbocycles. The molecule has 3 unspecified atom stereocenters. The first kappa shape index (κ1) is 54.6. The SMILES string of the molecule is Cc1cccc(-c2[nH]c(CNc3ccc4c(c3)CC(NC(=O)OCC3=CCC(C)(NC(=O)[C@H](CCCNC(N)=O)NC(=O)C(NC(=O)CCCCCN5C(=O)C=CC5=O)C(C)C)C=C3)C4)nc2-c2ccc3ncnn3c2)n1. The fraction of sp³-hybridized carbons (Fsp3) is 0.400. The van der Waals surface area contributed by atoms with Gasteiger partial charge in [-0.3, -0.25) is 33.9 Å². The highest BCUT2D eigenvalue weighted by atomic mass is 16.5. The van der Waals surface area contributed by atoms with Crippen LogP contribution in [0.1, 0.15) is 88.4 Å². The van der Waals surface area contributed by atoms with Crippen molar-refractivity contribution in [3.05, 3.63) is 120 Å². The van der Waals surface area contributed by atoms with Gasteiger partial charge in [-0.2, -0.15) is 5.10 Å². The number of alkyl carbamates (subject to hydrolysis) is 1. The topological polar surface area (TPSA) is 302 Å². The number of rotatable bonds is 24. The molecule has 5 heterocycles. The van der Waals surface area contributed by atoms with Crippen molar-refractivity contribution in [3.63, 3.8) is 0 Å². The molecule has 1 aromatic carbocycles. The van der Waals surface area contributed by atoms with Crippen molar-refractivity contribution < 1.29 is 38.3 Å². The van der Waals surface area contributed by atoms with Crippen LogP contribution in [0.4, 0.5) is 15.3 Å². The number of nitrogens with one attached hydrogen (secondary N) is 7. The fourth-order valence-electron chi connectivity index (χ4n) is 9.46. The minimum atomic E-state index is -1.02. The number of hydrogen-bond acceptors (Lipinski definition) is 13. The number of hydrogen-bond donors (Lipinski definition) is 8. The summed E-state index contributed by atoms with van der Waals surface area (Å²) in [7, 11) is 0. The van der Waals surface area contributed by atoms with Crippen LogP contribution in [-0.2, 0) is 48.1 Å². The molecule has 8 amide bonds. The first-order chi connectivity index (χ1) is 37.0. The maximum Gasteiger partial charge on any atom is 0.407 e. The Morgan fingerprint density at radius 3 is 2.48 bits per heavy atom. The van der Waals surface area contributed by atoms with Crippen LogP contribution in [0.15, 0.2) is 97.0 Å². The molecule has 1 aliphatic heterocycles. The molecule has 0 bridgehead atoms. The van der Waals surface area contributed by atoms with Gasteiger partial charge in [0.05, 0.1) is 29.2 Å². The highest BCUT2D eigenvalue weighted by Gasteiger charge is 2.33. The second-order valence-electron chi connectivity index (χ2n) is 20.2. The van der Waals surface area contributed by atoms with Gasteiger partial charge in [0.2, 0.25) is 17.7 Å². The second kappa shape index (κ2) is 24.8. The summed E-state index contributed by atoms with van der Waals surface area (Å²) >= 11 is 0. The summed E-state index contributed by atoms with van der Waals surface area (Å²) in [5, 5.41) is 22.0. The largest absolute Gasteiger partial charge is 0.445 e. The van der Waals surface area contributed by atoms with Gasteiger partial charge < -0.3 is 47.4 Å². The number of nitrogens with zero attached hydrogens (tertiary/aromatic N) is 6. The van der Waals surface area contributed by atoms with Crippen LogP contribution in [0.5, 0.6) is 0 Å². The van der Waals surface area contributed by atoms with E-state index in [1.54, 1.807) is 24.4 Å². The Kier molecular flexibility index (Phi) is 17.6. The van der Waals surface area contributed by atoms with E-state index < -0.39 is 41.6 Å². The molecule has 0 radical (unpaired) electrons. The van der Waals surface area contributed by atoms with E-state index in [9.17, 15) is 33.6 Å². The van der Waals surface area contributed by atoms with Crippen LogP contribution in [0.25, 0.3) is 28.3 Å². The number of ether oxygens (including phenoxy) is 1. The third kappa shape index (κ3) is 14.6. The molecule has 0 spiro atoms. The number of primary amides is 1. The number of carbonyl (C=O) groups is 7. The van der Waals surface area contributed by atoms with Crippen molar-refractivity contribution in [2.45, 2.75) is 116 Å². The molecule has 404 valence electrons. The predicted molar refractivity (Wildman–Crippen MR) is 286 cm³/mol. The van der Waals surface area contributed by atoms with E-state index in [1.165, 1.54) is 18.5 Å². The van der Waals surface area contributed by atoms with Gasteiger partial charge in [-0.05, 0) is 118 Å². The standard InChI is InChI=1S/C55H66N14O8/c1-33(2)48(66-45(70)13-6-5-7-25-68-46(71)18-19-47(68)72)52(74)63-42(12-9-24-57-53(56)75)51(73)67-55(4)22-20-35(21-23-55)31-77-54(76)62-40-26-36-14-16-39(27-38(36)28-40)58-29-43-64-49(37-15-17-44-59-32-60-69(44)30-37)50(65-43)41-11-8-10-34(3)61-41/h8,10-11,14-22,27,30,32-33,40,42,48,58H,5-7,9,12-13,23-26,28-29,31H2,1-4H3,(H,62,76)(H,63,74)(H,64,65)(H,66,70)(H,67,73)(H3,56,57,75)/t40?,42-,48?,55?/m0/s1. The number of anilines is 1. The summed E-state index contributed by atoms with van der Waals surface area (Å²) in [6.45, 7) is 8.22. The molecule has 77 heavy (non-hydrogen) atoms. The Hall–Kier alpha value is -8.69. The average molecular weight is 1050 g/mol. The van der Waals surface area contributed by atoms with Gasteiger partial charge in [0.25, 0.3) is 11.8 Å². The van der Waals surface area contributed by atoms with Crippen LogP contribution >= 0.6 is 0 Å². The minimum absolute atomic E-state index is 0.0114. The number of urea groups is 1. The van der Waals surface area contributed by atoms with Gasteiger partial charge in [-0.15, -0.1) is 0 Å². The highest BCUT2D eigenvalue weighted by molar-refractivity contribution is 6.12. The van der Waals surface area contributed by atoms with Crippen LogP contribution in [0.3, 0.4) is 0 Å². The van der Waals surface area contributed by atoms with Gasteiger partial charge in [-0.25, -0.2) is 24.1 Å². The maximum absolute atomic E-state index is 13.9. The molecule has 0 fully saturated rings. The van der Waals surface area contributed by atoms with Crippen molar-refractivity contribution in [1.82, 2.24) is 61.0 Å². The third-order valence-electron chi connectivity index (χ3n) is 13.7. The summed E-state index contributed by atoms with van der Waals surface area (Å²) in [5.74, 6) is -1.65. The number of carbonyl (C=O) groups excluding carboxylic acids is 7. The lowest BCUT2D eigenvalue weighted by atomic mass is 9.90. The number of fused-ring (bicyclic) bond motifs is 2. The van der Waals surface area contributed by atoms with Crippen LogP contribution in [0, 0.1) is 12.8 Å². The van der Waals surface area contributed by atoms with Crippen molar-refractivity contribution in [1.29, 1.82) is 0 Å². The number of imide groups is 1. The smallest absolute Gasteiger partial charge is 0.407 e. The number of benzene rings is 1. The lowest BCUT2D eigenvalue weighted by Gasteiger charge is -2.32. The monoisotopic (exact) mass is 1050 g/mol. The molecule has 3 aliphatic rings. The summed E-state index contributed by atoms with van der Waals surface area (Å²) < 4.78 is 7.36. The van der Waals surface area contributed by atoms with Gasteiger partial charge >= 0.3 is 12.1 Å². The molecule has 5 aromatic rings. The van der Waals surface area contributed by atoms with Crippen molar-refractivity contribution in [2.24, 2.45) is 11.7 Å². The Balaban J connectivity index is 0.788.